The van der Waals surface area contributed by atoms with E-state index in [1.165, 1.54) is 10.9 Å². The maximum atomic E-state index is 13.5. The molecule has 9 heteroatoms. The van der Waals surface area contributed by atoms with Gasteiger partial charge in [0.15, 0.2) is 11.5 Å². The van der Waals surface area contributed by atoms with Crippen molar-refractivity contribution in [2.24, 2.45) is 11.8 Å². The van der Waals surface area contributed by atoms with Crippen molar-refractivity contribution in [3.8, 4) is 16.3 Å². The number of aromatic carboxylic acids is 1. The summed E-state index contributed by atoms with van der Waals surface area (Å²) in [5.74, 6) is -0.423. The van der Waals surface area contributed by atoms with Crippen molar-refractivity contribution in [3.63, 3.8) is 0 Å². The summed E-state index contributed by atoms with van der Waals surface area (Å²) in [7, 11) is 0. The molecule has 36 heavy (non-hydrogen) atoms. The molecule has 8 nitrogen and oxygen atoms in total. The van der Waals surface area contributed by atoms with E-state index >= 15 is 0 Å². The Labute approximate surface area is 213 Å². The summed E-state index contributed by atoms with van der Waals surface area (Å²) in [6.45, 7) is 6.01. The zero-order chi connectivity index (χ0) is 25.4. The van der Waals surface area contributed by atoms with Crippen LogP contribution >= 0.6 is 11.3 Å². The Hall–Kier alpha value is -3.59. The van der Waals surface area contributed by atoms with Crippen LogP contribution in [0.1, 0.15) is 56.8 Å². The number of anilines is 1. The van der Waals surface area contributed by atoms with Crippen molar-refractivity contribution < 1.29 is 14.7 Å². The zero-order valence-electron chi connectivity index (χ0n) is 20.6. The van der Waals surface area contributed by atoms with Gasteiger partial charge in [0.25, 0.3) is 0 Å². The van der Waals surface area contributed by atoms with Gasteiger partial charge < -0.3 is 5.11 Å². The first-order valence-corrected chi connectivity index (χ1v) is 13.1. The van der Waals surface area contributed by atoms with E-state index < -0.39 is 5.97 Å². The number of fused-ring (bicyclic) bond motifs is 1. The van der Waals surface area contributed by atoms with Gasteiger partial charge in [-0.1, -0.05) is 6.92 Å². The van der Waals surface area contributed by atoms with Gasteiger partial charge in [-0.15, -0.1) is 16.4 Å². The lowest BCUT2D eigenvalue weighted by atomic mass is 9.82. The molecule has 1 N–H and O–H groups in total. The number of hydrogen-bond donors (Lipinski definition) is 1. The van der Waals surface area contributed by atoms with Crippen LogP contribution in [0.25, 0.3) is 26.6 Å². The summed E-state index contributed by atoms with van der Waals surface area (Å²) < 4.78 is 2.55. The van der Waals surface area contributed by atoms with E-state index in [2.05, 4.69) is 22.0 Å². The third kappa shape index (κ3) is 4.63. The number of carbonyl (C=O) groups is 2. The summed E-state index contributed by atoms with van der Waals surface area (Å²) in [4.78, 5) is 36.1. The van der Waals surface area contributed by atoms with Crippen molar-refractivity contribution in [1.82, 2.24) is 19.7 Å². The van der Waals surface area contributed by atoms with E-state index in [0.717, 1.165) is 46.6 Å². The first-order valence-electron chi connectivity index (χ1n) is 12.3. The fraction of sp³-hybridized carbons (Fsp3) is 0.370. The van der Waals surface area contributed by atoms with E-state index in [-0.39, 0.29) is 29.2 Å². The molecule has 1 aliphatic carbocycles. The average Bonchev–Trinajstić information content (AvgIpc) is 3.49. The lowest BCUT2D eigenvalue weighted by molar-refractivity contribution is -0.123. The van der Waals surface area contributed by atoms with Crippen LogP contribution in [0.15, 0.2) is 48.8 Å². The van der Waals surface area contributed by atoms with Crippen LogP contribution in [-0.2, 0) is 4.79 Å². The molecule has 0 aliphatic heterocycles. The van der Waals surface area contributed by atoms with Crippen LogP contribution in [0, 0.1) is 11.8 Å². The number of hydrogen-bond acceptors (Lipinski definition) is 6. The molecule has 3 heterocycles. The van der Waals surface area contributed by atoms with Crippen LogP contribution in [-0.4, -0.2) is 42.8 Å². The lowest BCUT2D eigenvalue weighted by Crippen LogP contribution is -2.43. The van der Waals surface area contributed by atoms with Crippen molar-refractivity contribution in [1.29, 1.82) is 0 Å². The predicted molar refractivity (Wildman–Crippen MR) is 141 cm³/mol. The van der Waals surface area contributed by atoms with Gasteiger partial charge in [0.05, 0.1) is 10.4 Å². The Morgan fingerprint density at radius 1 is 1.11 bits per heavy atom. The maximum absolute atomic E-state index is 13.5. The Morgan fingerprint density at radius 3 is 2.47 bits per heavy atom. The van der Waals surface area contributed by atoms with Gasteiger partial charge in [-0.05, 0) is 81.8 Å². The van der Waals surface area contributed by atoms with Crippen LogP contribution in [0.3, 0.4) is 0 Å². The Balaban J connectivity index is 1.46. The summed E-state index contributed by atoms with van der Waals surface area (Å²) >= 11 is 1.57. The predicted octanol–water partition coefficient (Wildman–Crippen LogP) is 5.81. The largest absolute Gasteiger partial charge is 0.477 e. The Morgan fingerprint density at radius 2 is 1.83 bits per heavy atom. The second kappa shape index (κ2) is 9.81. The molecule has 4 aromatic rings. The van der Waals surface area contributed by atoms with E-state index in [1.54, 1.807) is 22.4 Å². The molecule has 1 fully saturated rings. The number of rotatable bonds is 6. The van der Waals surface area contributed by atoms with Crippen LogP contribution in [0.5, 0.6) is 0 Å². The monoisotopic (exact) mass is 503 g/mol. The van der Waals surface area contributed by atoms with Crippen molar-refractivity contribution in [3.05, 3.63) is 54.4 Å². The highest BCUT2D eigenvalue weighted by molar-refractivity contribution is 7.21. The van der Waals surface area contributed by atoms with Gasteiger partial charge in [-0.2, -0.15) is 0 Å². The Kier molecular flexibility index (Phi) is 6.57. The molecule has 0 saturated heterocycles. The molecule has 1 saturated carbocycles. The standard InChI is InChI=1S/C27H29N5O3S/c1-16(2)32(26(33)19-8-6-17(3)7-9-19)24-21(27(34)35)15-31(30-24)20-12-10-18(11-13-20)25-29-23-22(36-25)5-4-14-28-23/h4-5,10-17,19H,6-9H2,1-3H3,(H,34,35)/t17-,19-. The lowest BCUT2D eigenvalue weighted by Gasteiger charge is -2.32. The number of carbonyl (C=O) groups excluding carboxylic acids is 1. The number of carboxylic acid groups (broad SMARTS) is 1. The van der Waals surface area contributed by atoms with Gasteiger partial charge in [0.2, 0.25) is 5.91 Å². The van der Waals surface area contributed by atoms with E-state index in [4.69, 9.17) is 0 Å². The van der Waals surface area contributed by atoms with Crippen molar-refractivity contribution in [2.45, 2.75) is 52.5 Å². The van der Waals surface area contributed by atoms with Gasteiger partial charge in [-0.3, -0.25) is 9.69 Å². The van der Waals surface area contributed by atoms with Crippen molar-refractivity contribution in [2.75, 3.05) is 4.90 Å². The molecule has 1 aliphatic rings. The molecular formula is C27H29N5O3S. The SMILES string of the molecule is CC(C)N(c1nn(-c2ccc(-c3nc4ncccc4s3)cc2)cc1C(=O)O)C(=O)[C@H]1CC[C@H](C)CC1. The van der Waals surface area contributed by atoms with Crippen molar-refractivity contribution >= 4 is 39.4 Å². The molecule has 1 amide bonds. The maximum Gasteiger partial charge on any atom is 0.341 e. The van der Waals surface area contributed by atoms with Gasteiger partial charge in [0.1, 0.15) is 10.6 Å². The molecule has 0 bridgehead atoms. The summed E-state index contributed by atoms with van der Waals surface area (Å²) in [6, 6.07) is 11.3. The van der Waals surface area contributed by atoms with E-state index in [9.17, 15) is 14.7 Å². The van der Waals surface area contributed by atoms with Gasteiger partial charge in [0, 0.05) is 29.9 Å². The summed E-state index contributed by atoms with van der Waals surface area (Å²) in [5, 5.41) is 15.4. The summed E-state index contributed by atoms with van der Waals surface area (Å²) in [5.41, 5.74) is 2.38. The average molecular weight is 504 g/mol. The normalized spacial score (nSPS) is 18.0. The quantitative estimate of drug-likeness (QED) is 0.356. The molecule has 3 aromatic heterocycles. The van der Waals surface area contributed by atoms with Crippen LogP contribution in [0.2, 0.25) is 0 Å². The molecule has 0 radical (unpaired) electrons. The first-order chi connectivity index (χ1) is 17.3. The number of benzene rings is 1. The molecule has 5 rings (SSSR count). The van der Waals surface area contributed by atoms with Crippen LogP contribution < -0.4 is 4.90 Å². The number of pyridine rings is 1. The molecule has 0 atom stereocenters. The number of aromatic nitrogens is 4. The minimum absolute atomic E-state index is 0.0163. The summed E-state index contributed by atoms with van der Waals surface area (Å²) in [6.07, 6.45) is 6.90. The zero-order valence-corrected chi connectivity index (χ0v) is 21.4. The molecule has 0 spiro atoms. The third-order valence-corrected chi connectivity index (χ3v) is 7.87. The second-order valence-corrected chi connectivity index (χ2v) is 10.8. The molecule has 0 unspecified atom stereocenters. The van der Waals surface area contributed by atoms with Gasteiger partial charge in [-0.25, -0.2) is 19.4 Å². The fourth-order valence-corrected chi connectivity index (χ4v) is 5.71. The topological polar surface area (TPSA) is 101 Å². The third-order valence-electron chi connectivity index (χ3n) is 6.82. The first kappa shape index (κ1) is 24.1. The minimum atomic E-state index is -1.11. The number of amides is 1. The molecular weight excluding hydrogens is 474 g/mol. The Bertz CT molecular complexity index is 1370. The molecule has 1 aromatic carbocycles. The number of thiazole rings is 1. The highest BCUT2D eigenvalue weighted by Crippen LogP contribution is 2.33. The smallest absolute Gasteiger partial charge is 0.341 e. The van der Waals surface area contributed by atoms with E-state index in [1.807, 2.05) is 50.2 Å². The van der Waals surface area contributed by atoms with Gasteiger partial charge >= 0.3 is 5.97 Å². The second-order valence-electron chi connectivity index (χ2n) is 9.77. The number of nitrogens with zero attached hydrogens (tertiary/aromatic N) is 5. The highest BCUT2D eigenvalue weighted by Gasteiger charge is 2.34. The highest BCUT2D eigenvalue weighted by atomic mass is 32.1. The number of carboxylic acids is 1. The molecule has 186 valence electrons. The minimum Gasteiger partial charge on any atom is -0.477 e. The van der Waals surface area contributed by atoms with Crippen LogP contribution in [0.4, 0.5) is 5.82 Å². The van der Waals surface area contributed by atoms with E-state index in [0.29, 0.717) is 11.6 Å². The fourth-order valence-electron chi connectivity index (χ4n) is 4.78.